The summed E-state index contributed by atoms with van der Waals surface area (Å²) in [5.74, 6) is 0.0612. The quantitative estimate of drug-likeness (QED) is 0.839. The molecule has 1 saturated heterocycles. The van der Waals surface area contributed by atoms with Crippen LogP contribution in [0.4, 0.5) is 0 Å². The lowest BCUT2D eigenvalue weighted by atomic mass is 9.90. The number of nitrogens with zero attached hydrogens (tertiary/aromatic N) is 1. The molecule has 0 saturated carbocycles. The summed E-state index contributed by atoms with van der Waals surface area (Å²) in [6.07, 6.45) is 5.39. The first-order valence-corrected chi connectivity index (χ1v) is 7.19. The third-order valence-corrected chi connectivity index (χ3v) is 4.33. The first kappa shape index (κ1) is 12.7. The summed E-state index contributed by atoms with van der Waals surface area (Å²) in [5.41, 5.74) is 2.79. The van der Waals surface area contributed by atoms with E-state index in [-0.39, 0.29) is 5.91 Å². The number of carbonyl (C=O) groups is 1. The van der Waals surface area contributed by atoms with Crippen LogP contribution >= 0.6 is 0 Å². The molecule has 0 aromatic heterocycles. The molecule has 0 radical (unpaired) electrons. The van der Waals surface area contributed by atoms with E-state index in [1.165, 1.54) is 24.0 Å². The third kappa shape index (κ3) is 2.52. The zero-order valence-corrected chi connectivity index (χ0v) is 11.5. The number of hydrogen-bond donors (Lipinski definition) is 1. The second-order valence-electron chi connectivity index (χ2n) is 6.16. The average molecular weight is 259 g/mol. The van der Waals surface area contributed by atoms with Crippen LogP contribution in [0.15, 0.2) is 18.2 Å². The van der Waals surface area contributed by atoms with E-state index < -0.39 is 5.60 Å². The zero-order valence-electron chi connectivity index (χ0n) is 11.5. The Morgan fingerprint density at radius 3 is 2.68 bits per heavy atom. The van der Waals surface area contributed by atoms with Crippen molar-refractivity contribution in [3.63, 3.8) is 0 Å². The number of aliphatic hydroxyl groups is 1. The van der Waals surface area contributed by atoms with Gasteiger partial charge in [0.25, 0.3) is 5.91 Å². The maximum absolute atomic E-state index is 12.4. The first-order valence-electron chi connectivity index (χ1n) is 7.19. The molecule has 3 rings (SSSR count). The minimum absolute atomic E-state index is 0.0612. The van der Waals surface area contributed by atoms with Crippen molar-refractivity contribution in [3.05, 3.63) is 34.9 Å². The summed E-state index contributed by atoms with van der Waals surface area (Å²) in [4.78, 5) is 14.2. The second-order valence-corrected chi connectivity index (χ2v) is 6.16. The molecule has 19 heavy (non-hydrogen) atoms. The standard InChI is InChI=1S/C16H21NO2/c1-16(19)8-9-17(11-16)15(18)14-7-6-12-4-2-3-5-13(12)10-14/h6-7,10,19H,2-5,8-9,11H2,1H3. The van der Waals surface area contributed by atoms with Gasteiger partial charge in [-0.05, 0) is 62.3 Å². The van der Waals surface area contributed by atoms with E-state index in [1.807, 2.05) is 6.07 Å². The van der Waals surface area contributed by atoms with Gasteiger partial charge in [-0.25, -0.2) is 0 Å². The van der Waals surface area contributed by atoms with Gasteiger partial charge in [-0.1, -0.05) is 6.07 Å². The lowest BCUT2D eigenvalue weighted by molar-refractivity contribution is 0.0572. The smallest absolute Gasteiger partial charge is 0.253 e. The normalized spacial score (nSPS) is 26.3. The van der Waals surface area contributed by atoms with Crippen molar-refractivity contribution in [2.45, 2.75) is 44.6 Å². The maximum Gasteiger partial charge on any atom is 0.253 e. The van der Waals surface area contributed by atoms with Crippen molar-refractivity contribution in [2.75, 3.05) is 13.1 Å². The van der Waals surface area contributed by atoms with Crippen LogP contribution in [0.1, 0.15) is 47.7 Å². The highest BCUT2D eigenvalue weighted by molar-refractivity contribution is 5.94. The Bertz CT molecular complexity index is 507. The van der Waals surface area contributed by atoms with Crippen LogP contribution in [0.2, 0.25) is 0 Å². The lowest BCUT2D eigenvalue weighted by Crippen LogP contribution is -2.34. The van der Waals surface area contributed by atoms with Crippen molar-refractivity contribution < 1.29 is 9.90 Å². The molecule has 1 heterocycles. The molecule has 3 nitrogen and oxygen atoms in total. The maximum atomic E-state index is 12.4. The predicted octanol–water partition coefficient (Wildman–Crippen LogP) is 2.16. The van der Waals surface area contributed by atoms with E-state index in [0.29, 0.717) is 19.5 Å². The van der Waals surface area contributed by atoms with E-state index in [1.54, 1.807) is 11.8 Å². The molecule has 1 aliphatic carbocycles. The number of carbonyl (C=O) groups excluding carboxylic acids is 1. The van der Waals surface area contributed by atoms with Crippen LogP contribution in [0.3, 0.4) is 0 Å². The summed E-state index contributed by atoms with van der Waals surface area (Å²) >= 11 is 0. The molecular weight excluding hydrogens is 238 g/mol. The minimum atomic E-state index is -0.718. The second kappa shape index (κ2) is 4.64. The Kier molecular flexibility index (Phi) is 3.09. The van der Waals surface area contributed by atoms with Crippen LogP contribution in [-0.4, -0.2) is 34.6 Å². The van der Waals surface area contributed by atoms with Crippen molar-refractivity contribution in [3.8, 4) is 0 Å². The molecule has 1 atom stereocenters. The summed E-state index contributed by atoms with van der Waals surface area (Å²) < 4.78 is 0. The molecule has 1 aromatic carbocycles. The minimum Gasteiger partial charge on any atom is -0.388 e. The molecule has 1 amide bonds. The van der Waals surface area contributed by atoms with E-state index in [4.69, 9.17) is 0 Å². The average Bonchev–Trinajstić information content (AvgIpc) is 2.78. The van der Waals surface area contributed by atoms with Gasteiger partial charge >= 0.3 is 0 Å². The third-order valence-electron chi connectivity index (χ3n) is 4.33. The van der Waals surface area contributed by atoms with Gasteiger partial charge in [0.2, 0.25) is 0 Å². The highest BCUT2D eigenvalue weighted by Crippen LogP contribution is 2.25. The van der Waals surface area contributed by atoms with E-state index in [9.17, 15) is 9.90 Å². The number of β-amino-alcohol motifs (C(OH)–C–C–N with tert-alkyl or cyclic N) is 1. The Morgan fingerprint density at radius 2 is 2.00 bits per heavy atom. The monoisotopic (exact) mass is 259 g/mol. The highest BCUT2D eigenvalue weighted by Gasteiger charge is 2.34. The number of hydrogen-bond acceptors (Lipinski definition) is 2. The van der Waals surface area contributed by atoms with Gasteiger partial charge in [-0.2, -0.15) is 0 Å². The van der Waals surface area contributed by atoms with Crippen molar-refractivity contribution in [1.82, 2.24) is 4.90 Å². The Balaban J connectivity index is 1.81. The summed E-state index contributed by atoms with van der Waals surface area (Å²) in [6, 6.07) is 6.11. The van der Waals surface area contributed by atoms with Crippen LogP contribution in [0.25, 0.3) is 0 Å². The Labute approximate surface area is 114 Å². The van der Waals surface area contributed by atoms with E-state index in [0.717, 1.165) is 18.4 Å². The van der Waals surface area contributed by atoms with Crippen LogP contribution in [-0.2, 0) is 12.8 Å². The van der Waals surface area contributed by atoms with Gasteiger partial charge in [-0.15, -0.1) is 0 Å². The number of rotatable bonds is 1. The zero-order chi connectivity index (χ0) is 13.5. The fourth-order valence-electron chi connectivity index (χ4n) is 3.17. The van der Waals surface area contributed by atoms with Crippen molar-refractivity contribution in [2.24, 2.45) is 0 Å². The number of aryl methyl sites for hydroxylation is 2. The van der Waals surface area contributed by atoms with Gasteiger partial charge in [0.1, 0.15) is 0 Å². The van der Waals surface area contributed by atoms with Gasteiger partial charge in [0.15, 0.2) is 0 Å². The molecule has 1 unspecified atom stereocenters. The molecule has 0 bridgehead atoms. The summed E-state index contributed by atoms with van der Waals surface area (Å²) in [6.45, 7) is 2.90. The lowest BCUT2D eigenvalue weighted by Gasteiger charge is -2.21. The molecule has 1 N–H and O–H groups in total. The molecular formula is C16H21NO2. The van der Waals surface area contributed by atoms with Crippen LogP contribution in [0.5, 0.6) is 0 Å². The molecule has 1 fully saturated rings. The highest BCUT2D eigenvalue weighted by atomic mass is 16.3. The predicted molar refractivity (Wildman–Crippen MR) is 74.2 cm³/mol. The van der Waals surface area contributed by atoms with E-state index in [2.05, 4.69) is 12.1 Å². The largest absolute Gasteiger partial charge is 0.388 e. The number of amides is 1. The Hall–Kier alpha value is -1.35. The van der Waals surface area contributed by atoms with Gasteiger partial charge in [0, 0.05) is 18.7 Å². The number of likely N-dealkylation sites (tertiary alicyclic amines) is 1. The fraction of sp³-hybridized carbons (Fsp3) is 0.562. The van der Waals surface area contributed by atoms with Crippen molar-refractivity contribution in [1.29, 1.82) is 0 Å². The molecule has 102 valence electrons. The molecule has 0 spiro atoms. The molecule has 2 aliphatic rings. The summed E-state index contributed by atoms with van der Waals surface area (Å²) in [7, 11) is 0. The Morgan fingerprint density at radius 1 is 1.26 bits per heavy atom. The summed E-state index contributed by atoms with van der Waals surface area (Å²) in [5, 5.41) is 9.96. The van der Waals surface area contributed by atoms with Crippen LogP contribution in [0, 0.1) is 0 Å². The van der Waals surface area contributed by atoms with Gasteiger partial charge in [-0.3, -0.25) is 4.79 Å². The van der Waals surface area contributed by atoms with E-state index >= 15 is 0 Å². The SMILES string of the molecule is CC1(O)CCN(C(=O)c2ccc3c(c2)CCCC3)C1. The molecule has 1 aromatic rings. The first-order chi connectivity index (χ1) is 9.05. The van der Waals surface area contributed by atoms with Crippen LogP contribution < -0.4 is 0 Å². The van der Waals surface area contributed by atoms with Gasteiger partial charge in [0.05, 0.1) is 5.60 Å². The van der Waals surface area contributed by atoms with Gasteiger partial charge < -0.3 is 10.0 Å². The number of benzene rings is 1. The number of fused-ring (bicyclic) bond motifs is 1. The fourth-order valence-corrected chi connectivity index (χ4v) is 3.17. The van der Waals surface area contributed by atoms with Crippen molar-refractivity contribution >= 4 is 5.91 Å². The topological polar surface area (TPSA) is 40.5 Å². The molecule has 1 aliphatic heterocycles. The molecule has 3 heteroatoms.